The molecule has 98 valence electrons. The number of hydroxylamine groups is 1. The molecule has 0 unspecified atom stereocenters. The van der Waals surface area contributed by atoms with Crippen LogP contribution in [0.3, 0.4) is 0 Å². The molecule has 0 heterocycles. The normalized spacial score (nSPS) is 10.0. The van der Waals surface area contributed by atoms with E-state index in [-0.39, 0.29) is 17.9 Å². The molecule has 4 nitrogen and oxygen atoms in total. The molecule has 5 heteroatoms. The zero-order valence-electron chi connectivity index (χ0n) is 9.97. The van der Waals surface area contributed by atoms with E-state index in [4.69, 9.17) is 9.94 Å². The number of carbonyl (C=O) groups is 1. The molecule has 0 saturated carbocycles. The number of nitrogens with one attached hydrogen (secondary N) is 1. The topological polar surface area (TPSA) is 58.6 Å². The van der Waals surface area contributed by atoms with E-state index in [0.29, 0.717) is 0 Å². The highest BCUT2D eigenvalue weighted by molar-refractivity contribution is 5.96. The smallest absolute Gasteiger partial charge is 0.278 e. The molecule has 0 spiro atoms. The van der Waals surface area contributed by atoms with Crippen molar-refractivity contribution in [2.24, 2.45) is 0 Å². The molecular weight excluding hydrogens is 249 g/mol. The fourth-order valence-electron chi connectivity index (χ4n) is 1.62. The average Bonchev–Trinajstić information content (AvgIpc) is 2.46. The summed E-state index contributed by atoms with van der Waals surface area (Å²) in [5.74, 6) is -1.66. The van der Waals surface area contributed by atoms with E-state index < -0.39 is 11.7 Å². The molecule has 0 saturated heterocycles. The first-order chi connectivity index (χ1) is 9.22. The number of benzene rings is 2. The second kappa shape index (κ2) is 5.97. The summed E-state index contributed by atoms with van der Waals surface area (Å²) in [5, 5.41) is 8.61. The van der Waals surface area contributed by atoms with Gasteiger partial charge < -0.3 is 4.74 Å². The van der Waals surface area contributed by atoms with Crippen LogP contribution in [0.25, 0.3) is 0 Å². The molecule has 0 bridgehead atoms. The maximum absolute atomic E-state index is 13.7. The summed E-state index contributed by atoms with van der Waals surface area (Å²) in [6, 6.07) is 13.1. The average molecular weight is 261 g/mol. The Labute approximate surface area is 109 Å². The fourth-order valence-corrected chi connectivity index (χ4v) is 1.62. The molecule has 2 rings (SSSR count). The maximum Gasteiger partial charge on any atom is 0.278 e. The molecule has 0 atom stereocenters. The van der Waals surface area contributed by atoms with Gasteiger partial charge in [0.05, 0.1) is 5.56 Å². The summed E-state index contributed by atoms with van der Waals surface area (Å²) in [7, 11) is 0. The van der Waals surface area contributed by atoms with Crippen LogP contribution in [0.15, 0.2) is 48.5 Å². The van der Waals surface area contributed by atoms with Crippen molar-refractivity contribution in [2.45, 2.75) is 6.61 Å². The van der Waals surface area contributed by atoms with Crippen LogP contribution in [0.1, 0.15) is 15.9 Å². The SMILES string of the molecule is O=C(NO)c1cccc(F)c1OCc1ccccc1. The lowest BCUT2D eigenvalue weighted by molar-refractivity contribution is 0.0700. The minimum atomic E-state index is -0.817. The highest BCUT2D eigenvalue weighted by Gasteiger charge is 2.16. The fraction of sp³-hybridized carbons (Fsp3) is 0.0714. The van der Waals surface area contributed by atoms with E-state index in [9.17, 15) is 9.18 Å². The van der Waals surface area contributed by atoms with Crippen LogP contribution >= 0.6 is 0 Å². The quantitative estimate of drug-likeness (QED) is 0.656. The first-order valence-corrected chi connectivity index (χ1v) is 5.62. The van der Waals surface area contributed by atoms with Crippen LogP contribution in [0, 0.1) is 5.82 Å². The van der Waals surface area contributed by atoms with Crippen molar-refractivity contribution in [3.8, 4) is 5.75 Å². The Morgan fingerprint density at radius 2 is 1.89 bits per heavy atom. The Morgan fingerprint density at radius 3 is 2.58 bits per heavy atom. The van der Waals surface area contributed by atoms with E-state index in [1.54, 1.807) is 0 Å². The maximum atomic E-state index is 13.7. The van der Waals surface area contributed by atoms with E-state index in [1.807, 2.05) is 30.3 Å². The van der Waals surface area contributed by atoms with E-state index in [1.165, 1.54) is 23.7 Å². The van der Waals surface area contributed by atoms with Crippen molar-refractivity contribution >= 4 is 5.91 Å². The summed E-state index contributed by atoms with van der Waals surface area (Å²) in [6.07, 6.45) is 0. The first kappa shape index (κ1) is 13.0. The largest absolute Gasteiger partial charge is 0.485 e. The van der Waals surface area contributed by atoms with Crippen LogP contribution in [0.2, 0.25) is 0 Å². The molecule has 1 amide bonds. The van der Waals surface area contributed by atoms with E-state index in [2.05, 4.69) is 0 Å². The van der Waals surface area contributed by atoms with Gasteiger partial charge in [0.1, 0.15) is 6.61 Å². The molecule has 2 aromatic rings. The van der Waals surface area contributed by atoms with Crippen molar-refractivity contribution in [3.63, 3.8) is 0 Å². The molecule has 2 aromatic carbocycles. The molecule has 0 radical (unpaired) electrons. The zero-order valence-corrected chi connectivity index (χ0v) is 9.97. The van der Waals surface area contributed by atoms with Gasteiger partial charge in [-0.3, -0.25) is 10.0 Å². The Bertz CT molecular complexity index is 572. The number of ether oxygens (including phenoxy) is 1. The lowest BCUT2D eigenvalue weighted by Gasteiger charge is -2.11. The molecule has 0 fully saturated rings. The van der Waals surface area contributed by atoms with Crippen molar-refractivity contribution in [1.82, 2.24) is 5.48 Å². The molecular formula is C14H12FNO3. The highest BCUT2D eigenvalue weighted by atomic mass is 19.1. The van der Waals surface area contributed by atoms with Crippen molar-refractivity contribution < 1.29 is 19.1 Å². The van der Waals surface area contributed by atoms with Crippen LogP contribution in [0.4, 0.5) is 4.39 Å². The number of hydrogen-bond donors (Lipinski definition) is 2. The van der Waals surface area contributed by atoms with Crippen molar-refractivity contribution in [1.29, 1.82) is 0 Å². The Hall–Kier alpha value is -2.40. The van der Waals surface area contributed by atoms with Gasteiger partial charge in [-0.15, -0.1) is 0 Å². The second-order valence-corrected chi connectivity index (χ2v) is 3.83. The van der Waals surface area contributed by atoms with Crippen LogP contribution in [-0.2, 0) is 6.61 Å². The van der Waals surface area contributed by atoms with Gasteiger partial charge in [-0.05, 0) is 17.7 Å². The van der Waals surface area contributed by atoms with E-state index >= 15 is 0 Å². The Kier molecular flexibility index (Phi) is 4.10. The number of carbonyl (C=O) groups excluding carboxylic acids is 1. The summed E-state index contributed by atoms with van der Waals surface area (Å²) < 4.78 is 19.0. The van der Waals surface area contributed by atoms with Crippen LogP contribution in [-0.4, -0.2) is 11.1 Å². The minimum Gasteiger partial charge on any atom is -0.485 e. The lowest BCUT2D eigenvalue weighted by atomic mass is 10.2. The number of hydrogen-bond acceptors (Lipinski definition) is 3. The number of halogens is 1. The van der Waals surface area contributed by atoms with Gasteiger partial charge in [-0.1, -0.05) is 36.4 Å². The zero-order chi connectivity index (χ0) is 13.7. The third-order valence-corrected chi connectivity index (χ3v) is 2.54. The molecule has 2 N–H and O–H groups in total. The standard InChI is InChI=1S/C14H12FNO3/c15-12-8-4-7-11(14(17)16-18)13(12)19-9-10-5-2-1-3-6-10/h1-8,18H,9H2,(H,16,17). The molecule has 0 aliphatic rings. The van der Waals surface area contributed by atoms with Gasteiger partial charge in [0.15, 0.2) is 11.6 Å². The summed E-state index contributed by atoms with van der Waals surface area (Å²) >= 11 is 0. The van der Waals surface area contributed by atoms with Crippen LogP contribution < -0.4 is 10.2 Å². The number of para-hydroxylation sites is 1. The molecule has 19 heavy (non-hydrogen) atoms. The van der Waals surface area contributed by atoms with Gasteiger partial charge in [-0.25, -0.2) is 9.87 Å². The molecule has 0 aromatic heterocycles. The Morgan fingerprint density at radius 1 is 1.16 bits per heavy atom. The van der Waals surface area contributed by atoms with Crippen molar-refractivity contribution in [3.05, 3.63) is 65.5 Å². The first-order valence-electron chi connectivity index (χ1n) is 5.62. The molecule has 0 aliphatic heterocycles. The summed E-state index contributed by atoms with van der Waals surface area (Å²) in [5.41, 5.74) is 2.25. The van der Waals surface area contributed by atoms with E-state index in [0.717, 1.165) is 5.56 Å². The van der Waals surface area contributed by atoms with Gasteiger partial charge in [-0.2, -0.15) is 0 Å². The predicted molar refractivity (Wildman–Crippen MR) is 66.4 cm³/mol. The van der Waals surface area contributed by atoms with Gasteiger partial charge in [0.2, 0.25) is 0 Å². The number of amides is 1. The molecule has 0 aliphatic carbocycles. The van der Waals surface area contributed by atoms with Gasteiger partial charge in [0.25, 0.3) is 5.91 Å². The van der Waals surface area contributed by atoms with Crippen molar-refractivity contribution in [2.75, 3.05) is 0 Å². The predicted octanol–water partition coefficient (Wildman–Crippen LogP) is 2.52. The lowest BCUT2D eigenvalue weighted by Crippen LogP contribution is -2.20. The third-order valence-electron chi connectivity index (χ3n) is 2.54. The van der Waals surface area contributed by atoms with Gasteiger partial charge in [0, 0.05) is 0 Å². The minimum absolute atomic E-state index is 0.0570. The summed E-state index contributed by atoms with van der Waals surface area (Å²) in [4.78, 5) is 11.4. The number of rotatable bonds is 4. The highest BCUT2D eigenvalue weighted by Crippen LogP contribution is 2.23. The second-order valence-electron chi connectivity index (χ2n) is 3.83. The monoisotopic (exact) mass is 261 g/mol. The Balaban J connectivity index is 2.22. The van der Waals surface area contributed by atoms with Crippen LogP contribution in [0.5, 0.6) is 5.75 Å². The third kappa shape index (κ3) is 3.08. The van der Waals surface area contributed by atoms with Gasteiger partial charge >= 0.3 is 0 Å². The summed E-state index contributed by atoms with van der Waals surface area (Å²) in [6.45, 7) is 0.132.